The lowest BCUT2D eigenvalue weighted by Gasteiger charge is -2.26. The Balaban J connectivity index is 0.00000261. The van der Waals surface area contributed by atoms with Gasteiger partial charge in [0.05, 0.1) is 12.2 Å². The molecule has 0 atom stereocenters. The second-order valence-corrected chi connectivity index (χ2v) is 7.35. The number of nitrogens with one attached hydrogen (secondary N) is 1. The number of carbonyl (C=O) groups is 2. The number of anilines is 1. The monoisotopic (exact) mass is 412 g/mol. The summed E-state index contributed by atoms with van der Waals surface area (Å²) in [5.41, 5.74) is 1.97. The van der Waals surface area contributed by atoms with Gasteiger partial charge in [-0.05, 0) is 37.9 Å². The van der Waals surface area contributed by atoms with Crippen LogP contribution in [0.4, 0.5) is 5.00 Å². The molecule has 9 heteroatoms. The molecule has 0 radical (unpaired) electrons. The molecule has 0 bridgehead atoms. The predicted octanol–water partition coefficient (Wildman–Crippen LogP) is 3.10. The SMILES string of the molecule is CCCN1CCc2c(sc(NC(=O)c3ccnn3C)c2C(=O)OCC)C1.Cl. The van der Waals surface area contributed by atoms with Gasteiger partial charge in [0.2, 0.25) is 0 Å². The van der Waals surface area contributed by atoms with Gasteiger partial charge in [-0.15, -0.1) is 23.7 Å². The van der Waals surface area contributed by atoms with E-state index >= 15 is 0 Å². The fourth-order valence-electron chi connectivity index (χ4n) is 3.23. The van der Waals surface area contributed by atoms with E-state index < -0.39 is 0 Å². The molecule has 1 amide bonds. The van der Waals surface area contributed by atoms with Crippen molar-refractivity contribution in [2.75, 3.05) is 25.0 Å². The molecule has 148 valence electrons. The second kappa shape index (κ2) is 9.34. The molecule has 3 rings (SSSR count). The maximum Gasteiger partial charge on any atom is 0.341 e. The van der Waals surface area contributed by atoms with Crippen LogP contribution in [0.15, 0.2) is 12.3 Å². The van der Waals surface area contributed by atoms with E-state index in [0.717, 1.165) is 42.9 Å². The lowest BCUT2D eigenvalue weighted by atomic mass is 10.0. The van der Waals surface area contributed by atoms with E-state index in [-0.39, 0.29) is 24.3 Å². The van der Waals surface area contributed by atoms with Gasteiger partial charge in [0.25, 0.3) is 5.91 Å². The molecule has 0 spiro atoms. The molecular formula is C18H25ClN4O3S. The highest BCUT2D eigenvalue weighted by atomic mass is 35.5. The number of esters is 1. The zero-order valence-corrected chi connectivity index (χ0v) is 17.4. The zero-order chi connectivity index (χ0) is 18.7. The number of thiophene rings is 1. The third-order valence-electron chi connectivity index (χ3n) is 4.44. The van der Waals surface area contributed by atoms with Crippen LogP contribution in [0.5, 0.6) is 0 Å². The van der Waals surface area contributed by atoms with Crippen molar-refractivity contribution in [3.63, 3.8) is 0 Å². The van der Waals surface area contributed by atoms with Crippen molar-refractivity contribution in [3.8, 4) is 0 Å². The number of rotatable bonds is 6. The van der Waals surface area contributed by atoms with Crippen LogP contribution in [0.1, 0.15) is 51.6 Å². The molecule has 7 nitrogen and oxygen atoms in total. The lowest BCUT2D eigenvalue weighted by Crippen LogP contribution is -2.30. The normalized spacial score (nSPS) is 13.6. The number of halogens is 1. The maximum atomic E-state index is 12.6. The van der Waals surface area contributed by atoms with Gasteiger partial charge in [-0.2, -0.15) is 5.10 Å². The van der Waals surface area contributed by atoms with Crippen LogP contribution in [0.3, 0.4) is 0 Å². The molecule has 0 saturated heterocycles. The van der Waals surface area contributed by atoms with Crippen molar-refractivity contribution in [2.45, 2.75) is 33.2 Å². The molecule has 2 aromatic heterocycles. The first-order valence-corrected chi connectivity index (χ1v) is 9.70. The van der Waals surface area contributed by atoms with E-state index in [2.05, 4.69) is 22.2 Å². The second-order valence-electron chi connectivity index (χ2n) is 6.25. The number of carbonyl (C=O) groups excluding carboxylic acids is 2. The fraction of sp³-hybridized carbons (Fsp3) is 0.500. The first kappa shape index (κ1) is 21.4. The molecule has 2 aromatic rings. The van der Waals surface area contributed by atoms with E-state index in [0.29, 0.717) is 22.9 Å². The minimum absolute atomic E-state index is 0. The van der Waals surface area contributed by atoms with E-state index in [1.54, 1.807) is 26.2 Å². The number of fused-ring (bicyclic) bond motifs is 1. The summed E-state index contributed by atoms with van der Waals surface area (Å²) in [6.45, 7) is 7.01. The number of amides is 1. The Morgan fingerprint density at radius 3 is 2.78 bits per heavy atom. The lowest BCUT2D eigenvalue weighted by molar-refractivity contribution is 0.0526. The number of aromatic nitrogens is 2. The number of nitrogens with zero attached hydrogens (tertiary/aromatic N) is 3. The molecule has 1 N–H and O–H groups in total. The molecule has 0 unspecified atom stereocenters. The Kier molecular flexibility index (Phi) is 7.41. The Hall–Kier alpha value is -1.90. The third-order valence-corrected chi connectivity index (χ3v) is 5.57. The molecule has 27 heavy (non-hydrogen) atoms. The Morgan fingerprint density at radius 2 is 2.15 bits per heavy atom. The molecule has 0 fully saturated rings. The maximum absolute atomic E-state index is 12.6. The first-order chi connectivity index (χ1) is 12.5. The van der Waals surface area contributed by atoms with Gasteiger partial charge in [-0.25, -0.2) is 4.79 Å². The fourth-order valence-corrected chi connectivity index (χ4v) is 4.51. The topological polar surface area (TPSA) is 76.5 Å². The van der Waals surface area contributed by atoms with Crippen molar-refractivity contribution < 1.29 is 14.3 Å². The van der Waals surface area contributed by atoms with Crippen LogP contribution in [0.2, 0.25) is 0 Å². The van der Waals surface area contributed by atoms with Gasteiger partial charge < -0.3 is 10.1 Å². The van der Waals surface area contributed by atoms with E-state index in [4.69, 9.17) is 4.74 Å². The van der Waals surface area contributed by atoms with Crippen molar-refractivity contribution >= 4 is 40.6 Å². The molecular weight excluding hydrogens is 388 g/mol. The quantitative estimate of drug-likeness (QED) is 0.738. The summed E-state index contributed by atoms with van der Waals surface area (Å²) in [5, 5.41) is 7.49. The van der Waals surface area contributed by atoms with E-state index in [9.17, 15) is 9.59 Å². The van der Waals surface area contributed by atoms with E-state index in [1.165, 1.54) is 16.0 Å². The van der Waals surface area contributed by atoms with Crippen molar-refractivity contribution in [2.24, 2.45) is 7.05 Å². The molecule has 0 aromatic carbocycles. The summed E-state index contributed by atoms with van der Waals surface area (Å²) in [4.78, 5) is 28.6. The van der Waals surface area contributed by atoms with Crippen LogP contribution in [-0.2, 0) is 24.8 Å². The average molecular weight is 413 g/mol. The molecule has 0 saturated carbocycles. The first-order valence-electron chi connectivity index (χ1n) is 8.88. The molecule has 0 aliphatic carbocycles. The highest BCUT2D eigenvalue weighted by Gasteiger charge is 2.29. The zero-order valence-electron chi connectivity index (χ0n) is 15.8. The number of hydrogen-bond acceptors (Lipinski definition) is 6. The highest BCUT2D eigenvalue weighted by molar-refractivity contribution is 7.17. The van der Waals surface area contributed by atoms with E-state index in [1.807, 2.05) is 0 Å². The van der Waals surface area contributed by atoms with Gasteiger partial charge in [0.1, 0.15) is 10.7 Å². The number of hydrogen-bond donors (Lipinski definition) is 1. The Morgan fingerprint density at radius 1 is 1.37 bits per heavy atom. The van der Waals surface area contributed by atoms with Crippen LogP contribution in [0, 0.1) is 0 Å². The van der Waals surface area contributed by atoms with Gasteiger partial charge in [-0.1, -0.05) is 6.92 Å². The third kappa shape index (κ3) is 4.51. The van der Waals surface area contributed by atoms with Crippen molar-refractivity contribution in [1.29, 1.82) is 0 Å². The number of ether oxygens (including phenoxy) is 1. The van der Waals surface area contributed by atoms with Crippen molar-refractivity contribution in [3.05, 3.63) is 34.0 Å². The predicted molar refractivity (Wildman–Crippen MR) is 108 cm³/mol. The summed E-state index contributed by atoms with van der Waals surface area (Å²) in [6.07, 6.45) is 3.46. The summed E-state index contributed by atoms with van der Waals surface area (Å²) in [5.74, 6) is -0.645. The Bertz CT molecular complexity index is 818. The van der Waals surface area contributed by atoms with Gasteiger partial charge in [0, 0.05) is 31.2 Å². The van der Waals surface area contributed by atoms with Crippen LogP contribution in [0.25, 0.3) is 0 Å². The van der Waals surface area contributed by atoms with Crippen LogP contribution in [-0.4, -0.2) is 46.3 Å². The molecule has 1 aliphatic heterocycles. The summed E-state index contributed by atoms with van der Waals surface area (Å²) >= 11 is 1.47. The van der Waals surface area contributed by atoms with Gasteiger partial charge >= 0.3 is 5.97 Å². The minimum atomic E-state index is -0.366. The molecule has 1 aliphatic rings. The van der Waals surface area contributed by atoms with Gasteiger partial charge in [0.15, 0.2) is 0 Å². The summed E-state index contributed by atoms with van der Waals surface area (Å²) < 4.78 is 6.76. The van der Waals surface area contributed by atoms with Gasteiger partial charge in [-0.3, -0.25) is 14.4 Å². The van der Waals surface area contributed by atoms with Crippen LogP contribution < -0.4 is 5.32 Å². The standard InChI is InChI=1S/C18H24N4O3S.ClH/c1-4-9-22-10-7-12-14(11-22)26-17(15(12)18(24)25-5-2)20-16(23)13-6-8-19-21(13)3;/h6,8H,4-5,7,9-11H2,1-3H3,(H,20,23);1H. The van der Waals surface area contributed by atoms with Crippen molar-refractivity contribution in [1.82, 2.24) is 14.7 Å². The largest absolute Gasteiger partial charge is 0.462 e. The smallest absolute Gasteiger partial charge is 0.341 e. The van der Waals surface area contributed by atoms with Crippen LogP contribution >= 0.6 is 23.7 Å². The Labute approximate surface area is 169 Å². The average Bonchev–Trinajstić information content (AvgIpc) is 3.18. The number of aryl methyl sites for hydroxylation is 1. The highest BCUT2D eigenvalue weighted by Crippen LogP contribution is 2.38. The summed E-state index contributed by atoms with van der Waals surface area (Å²) in [7, 11) is 1.71. The summed E-state index contributed by atoms with van der Waals surface area (Å²) in [6, 6.07) is 1.65. The minimum Gasteiger partial charge on any atom is -0.462 e. The molecule has 3 heterocycles.